The van der Waals surface area contributed by atoms with E-state index < -0.39 is 6.10 Å². The molecule has 0 aliphatic heterocycles. The summed E-state index contributed by atoms with van der Waals surface area (Å²) in [6, 6.07) is 15.7. The van der Waals surface area contributed by atoms with E-state index in [0.29, 0.717) is 5.75 Å². The topological polar surface area (TPSA) is 50.7 Å². The number of benzene rings is 2. The van der Waals surface area contributed by atoms with Crippen LogP contribution in [0.1, 0.15) is 44.4 Å². The third kappa shape index (κ3) is 5.75. The Morgan fingerprint density at radius 3 is 2.24 bits per heavy atom. The highest BCUT2D eigenvalue weighted by atomic mass is 16.5. The number of nitrogens with zero attached hydrogens (tertiary/aromatic N) is 1. The molecule has 0 aliphatic rings. The Morgan fingerprint density at radius 2 is 1.68 bits per heavy atom. The molecule has 0 radical (unpaired) electrons. The van der Waals surface area contributed by atoms with Crippen molar-refractivity contribution in [2.24, 2.45) is 5.10 Å². The van der Waals surface area contributed by atoms with Crippen molar-refractivity contribution in [2.45, 2.75) is 46.1 Å². The fourth-order valence-electron chi connectivity index (χ4n) is 2.20. The van der Waals surface area contributed by atoms with Gasteiger partial charge in [-0.1, -0.05) is 62.7 Å². The normalized spacial score (nSPS) is 12.8. The molecular formula is C21H26N2O2. The molecule has 1 N–H and O–H groups in total. The fraction of sp³-hybridized carbons (Fsp3) is 0.333. The molecule has 0 aliphatic carbocycles. The van der Waals surface area contributed by atoms with Gasteiger partial charge in [-0.3, -0.25) is 4.79 Å². The Bertz CT molecular complexity index is 726. The summed E-state index contributed by atoms with van der Waals surface area (Å²) < 4.78 is 5.60. The van der Waals surface area contributed by atoms with E-state index in [9.17, 15) is 4.79 Å². The first kappa shape index (κ1) is 18.7. The van der Waals surface area contributed by atoms with Gasteiger partial charge >= 0.3 is 0 Å². The van der Waals surface area contributed by atoms with E-state index in [1.807, 2.05) is 43.3 Å². The van der Waals surface area contributed by atoms with Crippen molar-refractivity contribution < 1.29 is 9.53 Å². The zero-order valence-corrected chi connectivity index (χ0v) is 15.5. The average molecular weight is 338 g/mol. The molecular weight excluding hydrogens is 312 g/mol. The monoisotopic (exact) mass is 338 g/mol. The highest BCUT2D eigenvalue weighted by Gasteiger charge is 2.14. The molecule has 4 heteroatoms. The van der Waals surface area contributed by atoms with Crippen LogP contribution in [0.5, 0.6) is 5.75 Å². The van der Waals surface area contributed by atoms with Crippen LogP contribution in [0.15, 0.2) is 53.6 Å². The van der Waals surface area contributed by atoms with Crippen molar-refractivity contribution in [3.8, 4) is 5.75 Å². The van der Waals surface area contributed by atoms with E-state index in [0.717, 1.165) is 11.1 Å². The van der Waals surface area contributed by atoms with Crippen molar-refractivity contribution in [2.75, 3.05) is 0 Å². The summed E-state index contributed by atoms with van der Waals surface area (Å²) in [6.45, 7) is 10.2. The van der Waals surface area contributed by atoms with Crippen LogP contribution in [-0.2, 0) is 10.2 Å². The lowest BCUT2D eigenvalue weighted by Crippen LogP contribution is -2.33. The SMILES string of the molecule is Cc1ccc(OC(C)C(=O)N/N=C/c2ccc(C(C)(C)C)cc2)cc1. The number of hydrogen-bond donors (Lipinski definition) is 1. The van der Waals surface area contributed by atoms with E-state index in [1.54, 1.807) is 13.1 Å². The predicted octanol–water partition coefficient (Wildman–Crippen LogP) is 4.21. The average Bonchev–Trinajstić information content (AvgIpc) is 2.56. The van der Waals surface area contributed by atoms with Gasteiger partial charge in [0.2, 0.25) is 0 Å². The van der Waals surface area contributed by atoms with Crippen LogP contribution in [0.2, 0.25) is 0 Å². The van der Waals surface area contributed by atoms with Gasteiger partial charge in [0.1, 0.15) is 5.75 Å². The van der Waals surface area contributed by atoms with Crippen molar-refractivity contribution in [3.63, 3.8) is 0 Å². The zero-order valence-electron chi connectivity index (χ0n) is 15.5. The van der Waals surface area contributed by atoms with Crippen molar-refractivity contribution in [1.82, 2.24) is 5.43 Å². The summed E-state index contributed by atoms with van der Waals surface area (Å²) in [5.74, 6) is 0.373. The maximum absolute atomic E-state index is 12.0. The molecule has 0 spiro atoms. The molecule has 0 heterocycles. The second-order valence-corrected chi connectivity index (χ2v) is 7.18. The molecule has 1 amide bonds. The van der Waals surface area contributed by atoms with Gasteiger partial charge in [0, 0.05) is 0 Å². The second kappa shape index (κ2) is 7.97. The molecule has 0 bridgehead atoms. The van der Waals surface area contributed by atoms with Crippen LogP contribution >= 0.6 is 0 Å². The van der Waals surface area contributed by atoms with Crippen LogP contribution in [0.4, 0.5) is 0 Å². The summed E-state index contributed by atoms with van der Waals surface area (Å²) in [5.41, 5.74) is 5.96. The van der Waals surface area contributed by atoms with Gasteiger partial charge in [-0.05, 0) is 42.5 Å². The van der Waals surface area contributed by atoms with E-state index in [2.05, 4.69) is 43.4 Å². The Labute approximate surface area is 149 Å². The molecule has 4 nitrogen and oxygen atoms in total. The number of carbonyl (C=O) groups is 1. The second-order valence-electron chi connectivity index (χ2n) is 7.18. The minimum atomic E-state index is -0.622. The van der Waals surface area contributed by atoms with Gasteiger partial charge in [-0.2, -0.15) is 5.10 Å². The highest BCUT2D eigenvalue weighted by molar-refractivity contribution is 5.84. The minimum absolute atomic E-state index is 0.118. The van der Waals surface area contributed by atoms with Crippen LogP contribution < -0.4 is 10.2 Å². The fourth-order valence-corrected chi connectivity index (χ4v) is 2.20. The standard InChI is InChI=1S/C21H26N2O2/c1-15-6-12-19(13-7-15)25-16(2)20(24)23-22-14-17-8-10-18(11-9-17)21(3,4)5/h6-14,16H,1-5H3,(H,23,24)/b22-14+. The van der Waals surface area contributed by atoms with Crippen molar-refractivity contribution >= 4 is 12.1 Å². The first-order valence-electron chi connectivity index (χ1n) is 8.42. The molecule has 25 heavy (non-hydrogen) atoms. The summed E-state index contributed by atoms with van der Waals surface area (Å²) in [6.07, 6.45) is 1.01. The highest BCUT2D eigenvalue weighted by Crippen LogP contribution is 2.21. The molecule has 0 saturated carbocycles. The van der Waals surface area contributed by atoms with Gasteiger partial charge in [0.15, 0.2) is 6.10 Å². The summed E-state index contributed by atoms with van der Waals surface area (Å²) in [7, 11) is 0. The first-order chi connectivity index (χ1) is 11.8. The number of aryl methyl sites for hydroxylation is 1. The molecule has 2 aromatic carbocycles. The number of carbonyl (C=O) groups excluding carboxylic acids is 1. The Morgan fingerprint density at radius 1 is 1.08 bits per heavy atom. The molecule has 2 rings (SSSR count). The number of nitrogens with one attached hydrogen (secondary N) is 1. The third-order valence-corrected chi connectivity index (χ3v) is 3.87. The molecule has 0 fully saturated rings. The van der Waals surface area contributed by atoms with Crippen LogP contribution in [-0.4, -0.2) is 18.2 Å². The first-order valence-corrected chi connectivity index (χ1v) is 8.42. The number of ether oxygens (including phenoxy) is 1. The Hall–Kier alpha value is -2.62. The van der Waals surface area contributed by atoms with Crippen molar-refractivity contribution in [3.05, 3.63) is 65.2 Å². The van der Waals surface area contributed by atoms with Gasteiger partial charge in [0.25, 0.3) is 5.91 Å². The molecule has 1 unspecified atom stereocenters. The lowest BCUT2D eigenvalue weighted by Gasteiger charge is -2.18. The maximum atomic E-state index is 12.0. The Kier molecular flexibility index (Phi) is 5.97. The van der Waals surface area contributed by atoms with Crippen LogP contribution in [0.3, 0.4) is 0 Å². The lowest BCUT2D eigenvalue weighted by molar-refractivity contribution is -0.127. The molecule has 1 atom stereocenters. The largest absolute Gasteiger partial charge is 0.481 e. The van der Waals surface area contributed by atoms with Crippen LogP contribution in [0, 0.1) is 6.92 Å². The van der Waals surface area contributed by atoms with Crippen molar-refractivity contribution in [1.29, 1.82) is 0 Å². The van der Waals surface area contributed by atoms with E-state index in [-0.39, 0.29) is 11.3 Å². The summed E-state index contributed by atoms with van der Waals surface area (Å²) >= 11 is 0. The van der Waals surface area contributed by atoms with E-state index in [1.165, 1.54) is 5.56 Å². The molecule has 2 aromatic rings. The number of amides is 1. The third-order valence-electron chi connectivity index (χ3n) is 3.87. The quantitative estimate of drug-likeness (QED) is 0.656. The van der Waals surface area contributed by atoms with Gasteiger partial charge in [-0.15, -0.1) is 0 Å². The number of hydrogen-bond acceptors (Lipinski definition) is 3. The smallest absolute Gasteiger partial charge is 0.280 e. The maximum Gasteiger partial charge on any atom is 0.280 e. The minimum Gasteiger partial charge on any atom is -0.481 e. The molecule has 132 valence electrons. The molecule has 0 aromatic heterocycles. The van der Waals surface area contributed by atoms with Gasteiger partial charge < -0.3 is 4.74 Å². The lowest BCUT2D eigenvalue weighted by atomic mass is 9.87. The van der Waals surface area contributed by atoms with Gasteiger partial charge in [-0.25, -0.2) is 5.43 Å². The van der Waals surface area contributed by atoms with E-state index >= 15 is 0 Å². The summed E-state index contributed by atoms with van der Waals surface area (Å²) in [5, 5.41) is 4.01. The number of hydrazone groups is 1. The van der Waals surface area contributed by atoms with E-state index in [4.69, 9.17) is 4.74 Å². The molecule has 0 saturated heterocycles. The predicted molar refractivity (Wildman–Crippen MR) is 102 cm³/mol. The zero-order chi connectivity index (χ0) is 18.4. The van der Waals surface area contributed by atoms with Gasteiger partial charge in [0.05, 0.1) is 6.21 Å². The summed E-state index contributed by atoms with van der Waals surface area (Å²) in [4.78, 5) is 12.0. The van der Waals surface area contributed by atoms with Crippen LogP contribution in [0.25, 0.3) is 0 Å². The Balaban J connectivity index is 1.88. The number of rotatable bonds is 5.